The van der Waals surface area contributed by atoms with Crippen LogP contribution < -0.4 is 10.6 Å². The van der Waals surface area contributed by atoms with Crippen LogP contribution in [0.2, 0.25) is 0 Å². The second-order valence-corrected chi connectivity index (χ2v) is 7.84. The number of carbonyl (C=O) groups excluding carboxylic acids is 2. The first kappa shape index (κ1) is 18.6. The first-order valence-electron chi connectivity index (χ1n) is 9.14. The molecule has 2 amide bonds. The molecule has 0 saturated heterocycles. The van der Waals surface area contributed by atoms with Crippen molar-refractivity contribution in [1.29, 1.82) is 0 Å². The van der Waals surface area contributed by atoms with Crippen LogP contribution in [0.15, 0.2) is 29.6 Å². The summed E-state index contributed by atoms with van der Waals surface area (Å²) >= 11 is 1.45. The molecule has 1 aromatic carbocycles. The molecule has 5 nitrogen and oxygen atoms in total. The number of thiazole rings is 1. The van der Waals surface area contributed by atoms with Crippen molar-refractivity contribution in [3.05, 3.63) is 35.2 Å². The molecule has 0 radical (unpaired) electrons. The third kappa shape index (κ3) is 4.91. The molecular weight excluding hydrogens is 346 g/mol. The van der Waals surface area contributed by atoms with Crippen LogP contribution in [-0.2, 0) is 9.59 Å². The van der Waals surface area contributed by atoms with Gasteiger partial charge in [0.1, 0.15) is 0 Å². The van der Waals surface area contributed by atoms with Crippen molar-refractivity contribution < 1.29 is 9.59 Å². The van der Waals surface area contributed by atoms with Crippen molar-refractivity contribution in [2.45, 2.75) is 52.0 Å². The second-order valence-electron chi connectivity index (χ2n) is 6.98. The summed E-state index contributed by atoms with van der Waals surface area (Å²) in [6.07, 6.45) is 5.43. The maximum Gasteiger partial charge on any atom is 0.226 e. The Morgan fingerprint density at radius 3 is 2.58 bits per heavy atom. The van der Waals surface area contributed by atoms with Crippen LogP contribution in [0, 0.1) is 5.92 Å². The maximum absolute atomic E-state index is 12.1. The highest BCUT2D eigenvalue weighted by molar-refractivity contribution is 7.14. The fourth-order valence-electron chi connectivity index (χ4n) is 3.44. The number of benzene rings is 1. The molecule has 3 rings (SSSR count). The van der Waals surface area contributed by atoms with Crippen molar-refractivity contribution in [2.75, 3.05) is 5.32 Å². The Morgan fingerprint density at radius 2 is 1.92 bits per heavy atom. The fourth-order valence-corrected chi connectivity index (χ4v) is 4.18. The van der Waals surface area contributed by atoms with Crippen molar-refractivity contribution in [3.63, 3.8) is 0 Å². The first-order chi connectivity index (χ1) is 12.5. The van der Waals surface area contributed by atoms with E-state index >= 15 is 0 Å². The zero-order valence-corrected chi connectivity index (χ0v) is 16.1. The molecule has 1 aromatic heterocycles. The number of hydrogen-bond acceptors (Lipinski definition) is 4. The molecular formula is C20H25N3O2S. The van der Waals surface area contributed by atoms with E-state index in [2.05, 4.69) is 15.6 Å². The van der Waals surface area contributed by atoms with Crippen LogP contribution >= 0.6 is 11.3 Å². The lowest BCUT2D eigenvalue weighted by molar-refractivity contribution is -0.119. The zero-order chi connectivity index (χ0) is 18.5. The molecule has 26 heavy (non-hydrogen) atoms. The van der Waals surface area contributed by atoms with Gasteiger partial charge in [-0.3, -0.25) is 9.59 Å². The van der Waals surface area contributed by atoms with Crippen LogP contribution in [0.5, 0.6) is 0 Å². The summed E-state index contributed by atoms with van der Waals surface area (Å²) in [6, 6.07) is 7.95. The number of amides is 2. The summed E-state index contributed by atoms with van der Waals surface area (Å²) in [5.41, 5.74) is 2.89. The van der Waals surface area contributed by atoms with Gasteiger partial charge in [0.25, 0.3) is 0 Å². The normalized spacial score (nSPS) is 15.6. The van der Waals surface area contributed by atoms with E-state index in [0.717, 1.165) is 16.8 Å². The molecule has 0 spiro atoms. The summed E-state index contributed by atoms with van der Waals surface area (Å²) in [6.45, 7) is 3.47. The highest BCUT2D eigenvalue weighted by Crippen LogP contribution is 2.29. The Labute approximate surface area is 158 Å². The Hall–Kier alpha value is -2.21. The smallest absolute Gasteiger partial charge is 0.226 e. The highest BCUT2D eigenvalue weighted by atomic mass is 32.1. The Balaban J connectivity index is 1.60. The lowest BCUT2D eigenvalue weighted by atomic mass is 10.0. The molecule has 1 heterocycles. The van der Waals surface area contributed by atoms with Gasteiger partial charge in [0, 0.05) is 24.3 Å². The van der Waals surface area contributed by atoms with Gasteiger partial charge in [0.15, 0.2) is 5.13 Å². The van der Waals surface area contributed by atoms with Crippen molar-refractivity contribution in [1.82, 2.24) is 10.3 Å². The standard InChI is InChI=1S/C20H25N3O2S/c1-13(21-14(2)24)16-7-9-17(10-8-16)18-12-26-20(22-18)23-19(25)11-15-5-3-4-6-15/h7-10,12-13,15H,3-6,11H2,1-2H3,(H,21,24)(H,22,23,25). The number of nitrogens with one attached hydrogen (secondary N) is 2. The summed E-state index contributed by atoms with van der Waals surface area (Å²) in [5, 5.41) is 8.41. The lowest BCUT2D eigenvalue weighted by Gasteiger charge is -2.13. The third-order valence-electron chi connectivity index (χ3n) is 4.83. The van der Waals surface area contributed by atoms with E-state index in [4.69, 9.17) is 0 Å². The quantitative estimate of drug-likeness (QED) is 0.784. The van der Waals surface area contributed by atoms with Crippen LogP contribution in [0.1, 0.15) is 57.6 Å². The lowest BCUT2D eigenvalue weighted by Crippen LogP contribution is -2.23. The van der Waals surface area contributed by atoms with E-state index in [9.17, 15) is 9.59 Å². The van der Waals surface area contributed by atoms with Gasteiger partial charge in [-0.05, 0) is 31.2 Å². The number of carbonyl (C=O) groups is 2. The average molecular weight is 372 g/mol. The van der Waals surface area contributed by atoms with Crippen molar-refractivity contribution in [3.8, 4) is 11.3 Å². The number of rotatable bonds is 6. The van der Waals surface area contributed by atoms with E-state index in [1.165, 1.54) is 43.9 Å². The van der Waals surface area contributed by atoms with Gasteiger partial charge in [-0.15, -0.1) is 11.3 Å². The predicted molar refractivity (Wildman–Crippen MR) is 105 cm³/mol. The molecule has 1 unspecified atom stereocenters. The minimum atomic E-state index is -0.0425. The molecule has 0 aliphatic heterocycles. The van der Waals surface area contributed by atoms with E-state index < -0.39 is 0 Å². The van der Waals surface area contributed by atoms with Gasteiger partial charge < -0.3 is 10.6 Å². The minimum absolute atomic E-state index is 0.0255. The number of nitrogens with zero attached hydrogens (tertiary/aromatic N) is 1. The number of anilines is 1. The maximum atomic E-state index is 12.1. The Morgan fingerprint density at radius 1 is 1.23 bits per heavy atom. The van der Waals surface area contributed by atoms with E-state index in [1.807, 2.05) is 36.6 Å². The first-order valence-corrected chi connectivity index (χ1v) is 10.0. The summed E-state index contributed by atoms with van der Waals surface area (Å²) in [4.78, 5) is 27.8. The fraction of sp³-hybridized carbons (Fsp3) is 0.450. The SMILES string of the molecule is CC(=O)NC(C)c1ccc(-c2csc(NC(=O)CC3CCCC3)n2)cc1. The molecule has 0 bridgehead atoms. The van der Waals surface area contributed by atoms with E-state index in [0.29, 0.717) is 17.5 Å². The van der Waals surface area contributed by atoms with Crippen LogP contribution in [0.25, 0.3) is 11.3 Å². The molecule has 1 aliphatic carbocycles. The molecule has 1 atom stereocenters. The minimum Gasteiger partial charge on any atom is -0.350 e. The largest absolute Gasteiger partial charge is 0.350 e. The van der Waals surface area contributed by atoms with Gasteiger partial charge in [-0.25, -0.2) is 4.98 Å². The highest BCUT2D eigenvalue weighted by Gasteiger charge is 2.19. The van der Waals surface area contributed by atoms with E-state index in [1.54, 1.807) is 0 Å². The molecule has 1 aliphatic rings. The number of aromatic nitrogens is 1. The molecule has 1 fully saturated rings. The van der Waals surface area contributed by atoms with Gasteiger partial charge in [-0.1, -0.05) is 37.1 Å². The molecule has 2 N–H and O–H groups in total. The second kappa shape index (κ2) is 8.45. The predicted octanol–water partition coefficient (Wildman–Crippen LogP) is 4.53. The van der Waals surface area contributed by atoms with Crippen LogP contribution in [0.4, 0.5) is 5.13 Å². The molecule has 6 heteroatoms. The Kier molecular flexibility index (Phi) is 6.04. The van der Waals surface area contributed by atoms with Crippen molar-refractivity contribution in [2.24, 2.45) is 5.92 Å². The average Bonchev–Trinajstić information content (AvgIpc) is 3.26. The summed E-state index contributed by atoms with van der Waals surface area (Å²) in [5.74, 6) is 0.559. The monoisotopic (exact) mass is 371 g/mol. The van der Waals surface area contributed by atoms with Gasteiger partial charge in [0.2, 0.25) is 11.8 Å². The molecule has 2 aromatic rings. The van der Waals surface area contributed by atoms with Gasteiger partial charge in [-0.2, -0.15) is 0 Å². The topological polar surface area (TPSA) is 71.1 Å². The molecule has 138 valence electrons. The van der Waals surface area contributed by atoms with Crippen LogP contribution in [0.3, 0.4) is 0 Å². The van der Waals surface area contributed by atoms with E-state index in [-0.39, 0.29) is 17.9 Å². The van der Waals surface area contributed by atoms with Gasteiger partial charge in [0.05, 0.1) is 11.7 Å². The summed E-state index contributed by atoms with van der Waals surface area (Å²) in [7, 11) is 0. The number of hydrogen-bond donors (Lipinski definition) is 2. The van der Waals surface area contributed by atoms with Crippen LogP contribution in [-0.4, -0.2) is 16.8 Å². The van der Waals surface area contributed by atoms with Crippen molar-refractivity contribution >= 4 is 28.3 Å². The third-order valence-corrected chi connectivity index (χ3v) is 5.58. The molecule has 1 saturated carbocycles. The zero-order valence-electron chi connectivity index (χ0n) is 15.2. The van der Waals surface area contributed by atoms with Gasteiger partial charge >= 0.3 is 0 Å². The Bertz CT molecular complexity index is 764. The summed E-state index contributed by atoms with van der Waals surface area (Å²) < 4.78 is 0.